The zero-order chi connectivity index (χ0) is 11.7. The number of carbonyl (C=O) groups excluding carboxylic acids is 1. The Hall–Kier alpha value is -1.49. The third kappa shape index (κ3) is 1.78. The SMILES string of the molecule is Cc1onc(-c2ccc(F)cc2Br)c1C=O. The number of hydrogen-bond donors (Lipinski definition) is 0. The lowest BCUT2D eigenvalue weighted by Crippen LogP contribution is -1.88. The van der Waals surface area contributed by atoms with Gasteiger partial charge in [0, 0.05) is 10.0 Å². The zero-order valence-electron chi connectivity index (χ0n) is 8.33. The molecular formula is C11H7BrFNO2. The quantitative estimate of drug-likeness (QED) is 0.794. The van der Waals surface area contributed by atoms with E-state index in [1.54, 1.807) is 13.0 Å². The van der Waals surface area contributed by atoms with Crippen molar-refractivity contribution in [3.63, 3.8) is 0 Å². The average Bonchev–Trinajstić information content (AvgIpc) is 2.59. The van der Waals surface area contributed by atoms with Crippen molar-refractivity contribution in [3.8, 4) is 11.3 Å². The van der Waals surface area contributed by atoms with Crippen molar-refractivity contribution in [1.82, 2.24) is 5.16 Å². The molecule has 16 heavy (non-hydrogen) atoms. The van der Waals surface area contributed by atoms with E-state index in [0.717, 1.165) is 0 Å². The Morgan fingerprint density at radius 3 is 2.88 bits per heavy atom. The van der Waals surface area contributed by atoms with Crippen molar-refractivity contribution in [2.75, 3.05) is 0 Å². The average molecular weight is 284 g/mol. The van der Waals surface area contributed by atoms with Gasteiger partial charge >= 0.3 is 0 Å². The first kappa shape index (κ1) is 11.0. The van der Waals surface area contributed by atoms with E-state index in [0.29, 0.717) is 33.3 Å². The predicted octanol–water partition coefficient (Wildman–Crippen LogP) is 3.36. The van der Waals surface area contributed by atoms with Crippen LogP contribution in [0.4, 0.5) is 4.39 Å². The van der Waals surface area contributed by atoms with Gasteiger partial charge in [-0.05, 0) is 41.1 Å². The van der Waals surface area contributed by atoms with Crippen LogP contribution in [-0.2, 0) is 0 Å². The molecule has 0 saturated carbocycles. The summed E-state index contributed by atoms with van der Waals surface area (Å²) in [6.45, 7) is 1.65. The molecule has 1 heterocycles. The van der Waals surface area contributed by atoms with Crippen LogP contribution in [0.25, 0.3) is 11.3 Å². The molecular weight excluding hydrogens is 277 g/mol. The Morgan fingerprint density at radius 2 is 2.25 bits per heavy atom. The molecule has 0 spiro atoms. The van der Waals surface area contributed by atoms with Gasteiger partial charge in [0.1, 0.15) is 17.3 Å². The lowest BCUT2D eigenvalue weighted by Gasteiger charge is -2.00. The minimum atomic E-state index is -0.358. The highest BCUT2D eigenvalue weighted by Crippen LogP contribution is 2.30. The van der Waals surface area contributed by atoms with Crippen LogP contribution in [-0.4, -0.2) is 11.4 Å². The Bertz CT molecular complexity index is 551. The van der Waals surface area contributed by atoms with Gasteiger partial charge in [-0.15, -0.1) is 0 Å². The Labute approximate surface area is 99.4 Å². The van der Waals surface area contributed by atoms with E-state index < -0.39 is 0 Å². The topological polar surface area (TPSA) is 43.1 Å². The van der Waals surface area contributed by atoms with Gasteiger partial charge in [-0.25, -0.2) is 4.39 Å². The number of aromatic nitrogens is 1. The largest absolute Gasteiger partial charge is 0.360 e. The van der Waals surface area contributed by atoms with E-state index in [-0.39, 0.29) is 5.82 Å². The molecule has 5 heteroatoms. The highest BCUT2D eigenvalue weighted by atomic mass is 79.9. The minimum absolute atomic E-state index is 0.358. The molecule has 1 aromatic carbocycles. The molecule has 0 radical (unpaired) electrons. The molecule has 2 rings (SSSR count). The lowest BCUT2D eigenvalue weighted by atomic mass is 10.1. The molecule has 0 aliphatic rings. The molecule has 0 amide bonds. The molecule has 0 aliphatic heterocycles. The molecule has 0 bridgehead atoms. The standard InChI is InChI=1S/C11H7BrFNO2/c1-6-9(5-15)11(14-16-6)8-3-2-7(13)4-10(8)12/h2-5H,1H3. The van der Waals surface area contributed by atoms with Crippen LogP contribution in [0.1, 0.15) is 16.1 Å². The smallest absolute Gasteiger partial charge is 0.155 e. The van der Waals surface area contributed by atoms with Crippen molar-refractivity contribution < 1.29 is 13.7 Å². The van der Waals surface area contributed by atoms with Crippen LogP contribution in [0.3, 0.4) is 0 Å². The molecule has 0 saturated heterocycles. The van der Waals surface area contributed by atoms with Crippen LogP contribution < -0.4 is 0 Å². The molecule has 1 aromatic heterocycles. The predicted molar refractivity (Wildman–Crippen MR) is 59.7 cm³/mol. The Morgan fingerprint density at radius 1 is 1.50 bits per heavy atom. The Balaban J connectivity index is 2.63. The first-order valence-electron chi connectivity index (χ1n) is 4.50. The molecule has 0 N–H and O–H groups in total. The molecule has 82 valence electrons. The number of hydrogen-bond acceptors (Lipinski definition) is 3. The summed E-state index contributed by atoms with van der Waals surface area (Å²) in [7, 11) is 0. The fourth-order valence-electron chi connectivity index (χ4n) is 1.39. The van der Waals surface area contributed by atoms with Crippen molar-refractivity contribution >= 4 is 22.2 Å². The van der Waals surface area contributed by atoms with Gasteiger partial charge in [0.2, 0.25) is 0 Å². The summed E-state index contributed by atoms with van der Waals surface area (Å²) in [6, 6.07) is 4.16. The monoisotopic (exact) mass is 283 g/mol. The van der Waals surface area contributed by atoms with Crippen LogP contribution in [0, 0.1) is 12.7 Å². The van der Waals surface area contributed by atoms with Crippen LogP contribution in [0.5, 0.6) is 0 Å². The van der Waals surface area contributed by atoms with Crippen molar-refractivity contribution in [1.29, 1.82) is 0 Å². The second kappa shape index (κ2) is 4.17. The first-order valence-corrected chi connectivity index (χ1v) is 5.29. The summed E-state index contributed by atoms with van der Waals surface area (Å²) >= 11 is 3.22. The molecule has 2 aromatic rings. The summed E-state index contributed by atoms with van der Waals surface area (Å²) in [5.41, 5.74) is 1.42. The van der Waals surface area contributed by atoms with E-state index in [2.05, 4.69) is 21.1 Å². The zero-order valence-corrected chi connectivity index (χ0v) is 9.92. The third-order valence-corrected chi connectivity index (χ3v) is 2.87. The van der Waals surface area contributed by atoms with E-state index in [4.69, 9.17) is 4.52 Å². The molecule has 0 atom stereocenters. The van der Waals surface area contributed by atoms with E-state index in [1.807, 2.05) is 0 Å². The summed E-state index contributed by atoms with van der Waals surface area (Å²) in [4.78, 5) is 10.9. The maximum atomic E-state index is 12.9. The molecule has 0 fully saturated rings. The van der Waals surface area contributed by atoms with Crippen LogP contribution >= 0.6 is 15.9 Å². The second-order valence-electron chi connectivity index (χ2n) is 3.24. The van der Waals surface area contributed by atoms with Gasteiger partial charge < -0.3 is 4.52 Å². The van der Waals surface area contributed by atoms with Gasteiger partial charge in [-0.2, -0.15) is 0 Å². The fraction of sp³-hybridized carbons (Fsp3) is 0.0909. The Kier molecular flexibility index (Phi) is 2.87. The minimum Gasteiger partial charge on any atom is -0.360 e. The van der Waals surface area contributed by atoms with Crippen molar-refractivity contribution in [2.24, 2.45) is 0 Å². The van der Waals surface area contributed by atoms with Crippen LogP contribution in [0.15, 0.2) is 27.2 Å². The molecule has 3 nitrogen and oxygen atoms in total. The van der Waals surface area contributed by atoms with Crippen molar-refractivity contribution in [2.45, 2.75) is 6.92 Å². The van der Waals surface area contributed by atoms with Gasteiger partial charge in [-0.1, -0.05) is 5.16 Å². The third-order valence-electron chi connectivity index (χ3n) is 2.21. The number of nitrogens with zero attached hydrogens (tertiary/aromatic N) is 1. The number of rotatable bonds is 2. The number of halogens is 2. The van der Waals surface area contributed by atoms with E-state index in [1.165, 1.54) is 12.1 Å². The first-order chi connectivity index (χ1) is 7.63. The van der Waals surface area contributed by atoms with E-state index >= 15 is 0 Å². The van der Waals surface area contributed by atoms with Gasteiger partial charge in [-0.3, -0.25) is 4.79 Å². The summed E-state index contributed by atoms with van der Waals surface area (Å²) < 4.78 is 18.4. The summed E-state index contributed by atoms with van der Waals surface area (Å²) in [5, 5.41) is 3.79. The van der Waals surface area contributed by atoms with Gasteiger partial charge in [0.05, 0.1) is 5.56 Å². The number of benzene rings is 1. The fourth-order valence-corrected chi connectivity index (χ4v) is 1.93. The van der Waals surface area contributed by atoms with Crippen molar-refractivity contribution in [3.05, 3.63) is 39.8 Å². The van der Waals surface area contributed by atoms with Gasteiger partial charge in [0.15, 0.2) is 6.29 Å². The maximum Gasteiger partial charge on any atom is 0.155 e. The summed E-state index contributed by atoms with van der Waals surface area (Å²) in [5.74, 6) is 0.0877. The maximum absolute atomic E-state index is 12.9. The second-order valence-corrected chi connectivity index (χ2v) is 4.10. The lowest BCUT2D eigenvalue weighted by molar-refractivity contribution is 0.112. The normalized spacial score (nSPS) is 10.4. The van der Waals surface area contributed by atoms with Gasteiger partial charge in [0.25, 0.3) is 0 Å². The highest BCUT2D eigenvalue weighted by molar-refractivity contribution is 9.10. The van der Waals surface area contributed by atoms with E-state index in [9.17, 15) is 9.18 Å². The summed E-state index contributed by atoms with van der Waals surface area (Å²) in [6.07, 6.45) is 0.678. The van der Waals surface area contributed by atoms with Crippen LogP contribution in [0.2, 0.25) is 0 Å². The molecule has 0 unspecified atom stereocenters. The molecule has 0 aliphatic carbocycles. The number of aldehydes is 1. The number of carbonyl (C=O) groups is 1. The highest BCUT2D eigenvalue weighted by Gasteiger charge is 2.16. The number of aryl methyl sites for hydroxylation is 1.